The van der Waals surface area contributed by atoms with Crippen LogP contribution in [0.4, 0.5) is 9.59 Å². The zero-order valence-corrected chi connectivity index (χ0v) is 14.5. The first-order chi connectivity index (χ1) is 12.3. The van der Waals surface area contributed by atoms with Gasteiger partial charge in [-0.25, -0.2) is 9.59 Å². The summed E-state index contributed by atoms with van der Waals surface area (Å²) in [5.41, 5.74) is 5.69. The lowest BCUT2D eigenvalue weighted by Gasteiger charge is -2.17. The summed E-state index contributed by atoms with van der Waals surface area (Å²) in [5, 5.41) is 7.20. The second-order valence-corrected chi connectivity index (χ2v) is 5.46. The molecule has 1 aromatic rings. The SMILES string of the molecule is C=CCNC(=O)NC(=O)COC(=O)C[C@H](NC(N)=O)c1ccc(Cl)cc1. The summed E-state index contributed by atoms with van der Waals surface area (Å²) >= 11 is 5.80. The van der Waals surface area contributed by atoms with Gasteiger partial charge in [-0.15, -0.1) is 6.58 Å². The van der Waals surface area contributed by atoms with Crippen LogP contribution < -0.4 is 21.7 Å². The molecule has 1 rings (SSSR count). The number of hydrogen-bond acceptors (Lipinski definition) is 5. The molecule has 9 nitrogen and oxygen atoms in total. The molecule has 0 saturated carbocycles. The van der Waals surface area contributed by atoms with Gasteiger partial charge in [0.25, 0.3) is 5.91 Å². The molecule has 0 aromatic heterocycles. The Labute approximate surface area is 154 Å². The van der Waals surface area contributed by atoms with Crippen LogP contribution in [0, 0.1) is 0 Å². The van der Waals surface area contributed by atoms with Gasteiger partial charge in [-0.05, 0) is 17.7 Å². The molecule has 0 saturated heterocycles. The first kappa shape index (κ1) is 21.0. The van der Waals surface area contributed by atoms with Gasteiger partial charge >= 0.3 is 18.0 Å². The fourth-order valence-electron chi connectivity index (χ4n) is 1.86. The number of nitrogens with one attached hydrogen (secondary N) is 3. The first-order valence-electron chi connectivity index (χ1n) is 7.47. The van der Waals surface area contributed by atoms with Crippen molar-refractivity contribution >= 4 is 35.5 Å². The van der Waals surface area contributed by atoms with Crippen LogP contribution in [0.3, 0.4) is 0 Å². The maximum atomic E-state index is 11.9. The lowest BCUT2D eigenvalue weighted by atomic mass is 10.0. The second kappa shape index (κ2) is 10.7. The summed E-state index contributed by atoms with van der Waals surface area (Å²) in [6.07, 6.45) is 1.17. The minimum Gasteiger partial charge on any atom is -0.455 e. The first-order valence-corrected chi connectivity index (χ1v) is 7.85. The van der Waals surface area contributed by atoms with E-state index in [-0.39, 0.29) is 13.0 Å². The Bertz CT molecular complexity index is 678. The summed E-state index contributed by atoms with van der Waals surface area (Å²) in [7, 11) is 0. The molecule has 0 heterocycles. The van der Waals surface area contributed by atoms with Gasteiger partial charge in [-0.1, -0.05) is 29.8 Å². The van der Waals surface area contributed by atoms with E-state index in [9.17, 15) is 19.2 Å². The average molecular weight is 383 g/mol. The number of amides is 5. The summed E-state index contributed by atoms with van der Waals surface area (Å²) in [6, 6.07) is 4.10. The van der Waals surface area contributed by atoms with Crippen molar-refractivity contribution in [1.82, 2.24) is 16.0 Å². The van der Waals surface area contributed by atoms with Crippen molar-refractivity contribution in [1.29, 1.82) is 0 Å². The normalized spacial score (nSPS) is 11.0. The summed E-state index contributed by atoms with van der Waals surface area (Å²) in [5.74, 6) is -1.56. The van der Waals surface area contributed by atoms with Crippen LogP contribution >= 0.6 is 11.6 Å². The predicted octanol–water partition coefficient (Wildman–Crippen LogP) is 0.994. The Morgan fingerprint density at radius 2 is 1.88 bits per heavy atom. The van der Waals surface area contributed by atoms with E-state index in [2.05, 4.69) is 17.2 Å². The van der Waals surface area contributed by atoms with Gasteiger partial charge in [0.05, 0.1) is 12.5 Å². The van der Waals surface area contributed by atoms with Crippen molar-refractivity contribution in [3.8, 4) is 0 Å². The number of benzene rings is 1. The molecule has 0 spiro atoms. The number of rotatable bonds is 8. The van der Waals surface area contributed by atoms with Crippen LogP contribution in [-0.4, -0.2) is 37.1 Å². The maximum Gasteiger partial charge on any atom is 0.321 e. The van der Waals surface area contributed by atoms with Crippen molar-refractivity contribution in [3.05, 3.63) is 47.5 Å². The van der Waals surface area contributed by atoms with Gasteiger partial charge in [0.15, 0.2) is 6.61 Å². The highest BCUT2D eigenvalue weighted by atomic mass is 35.5. The molecule has 26 heavy (non-hydrogen) atoms. The Hall–Kier alpha value is -3.07. The van der Waals surface area contributed by atoms with E-state index in [4.69, 9.17) is 22.1 Å². The highest BCUT2D eigenvalue weighted by Gasteiger charge is 2.19. The molecule has 5 amide bonds. The van der Waals surface area contributed by atoms with Crippen LogP contribution in [0.5, 0.6) is 0 Å². The number of hydrogen-bond donors (Lipinski definition) is 4. The summed E-state index contributed by atoms with van der Waals surface area (Å²) in [4.78, 5) is 45.8. The quantitative estimate of drug-likeness (QED) is 0.392. The minimum atomic E-state index is -0.825. The largest absolute Gasteiger partial charge is 0.455 e. The van der Waals surface area contributed by atoms with Crippen molar-refractivity contribution < 1.29 is 23.9 Å². The van der Waals surface area contributed by atoms with Crippen LogP contribution in [0.2, 0.25) is 5.02 Å². The molecule has 0 radical (unpaired) electrons. The Morgan fingerprint density at radius 1 is 1.23 bits per heavy atom. The predicted molar refractivity (Wildman–Crippen MR) is 94.2 cm³/mol. The Balaban J connectivity index is 2.54. The molecule has 1 aromatic carbocycles. The molecule has 0 fully saturated rings. The third kappa shape index (κ3) is 8.15. The fourth-order valence-corrected chi connectivity index (χ4v) is 1.99. The lowest BCUT2D eigenvalue weighted by molar-refractivity contribution is -0.148. The lowest BCUT2D eigenvalue weighted by Crippen LogP contribution is -2.41. The van der Waals surface area contributed by atoms with E-state index in [0.29, 0.717) is 10.6 Å². The Kier molecular flexibility index (Phi) is 8.65. The molecular weight excluding hydrogens is 364 g/mol. The molecule has 0 bridgehead atoms. The molecule has 0 aliphatic rings. The highest BCUT2D eigenvalue weighted by molar-refractivity contribution is 6.30. The monoisotopic (exact) mass is 382 g/mol. The van der Waals surface area contributed by atoms with Gasteiger partial charge in [0.1, 0.15) is 0 Å². The zero-order chi connectivity index (χ0) is 19.5. The number of carbonyl (C=O) groups excluding carboxylic acids is 4. The van der Waals surface area contributed by atoms with E-state index in [1.54, 1.807) is 24.3 Å². The maximum absolute atomic E-state index is 11.9. The average Bonchev–Trinajstić information content (AvgIpc) is 2.58. The number of carbonyl (C=O) groups is 4. The van der Waals surface area contributed by atoms with Gasteiger partial charge in [0, 0.05) is 11.6 Å². The van der Waals surface area contributed by atoms with E-state index in [0.717, 1.165) is 0 Å². The van der Waals surface area contributed by atoms with Crippen LogP contribution in [0.25, 0.3) is 0 Å². The van der Waals surface area contributed by atoms with Crippen molar-refractivity contribution in [2.75, 3.05) is 13.2 Å². The molecule has 1 atom stereocenters. The summed E-state index contributed by atoms with van der Waals surface area (Å²) in [6.45, 7) is 2.94. The highest BCUT2D eigenvalue weighted by Crippen LogP contribution is 2.19. The number of halogens is 1. The molecule has 0 aliphatic heterocycles. The molecule has 5 N–H and O–H groups in total. The van der Waals surface area contributed by atoms with Gasteiger partial charge < -0.3 is 21.1 Å². The molecular formula is C16H19ClN4O5. The van der Waals surface area contributed by atoms with Gasteiger partial charge in [-0.2, -0.15) is 0 Å². The standard InChI is InChI=1S/C16H19ClN4O5/c1-2-7-19-16(25)21-13(22)9-26-14(23)8-12(20-15(18)24)10-3-5-11(17)6-4-10/h2-6,12H,1,7-9H2,(H3,18,20,24)(H2,19,21,22,25)/t12-/m0/s1. The number of esters is 1. The molecule has 0 aliphatic carbocycles. The van der Waals surface area contributed by atoms with Crippen LogP contribution in [-0.2, 0) is 14.3 Å². The second-order valence-electron chi connectivity index (χ2n) is 5.02. The number of ether oxygens (including phenoxy) is 1. The van der Waals surface area contributed by atoms with E-state index < -0.39 is 36.6 Å². The topological polar surface area (TPSA) is 140 Å². The zero-order valence-electron chi connectivity index (χ0n) is 13.8. The van der Waals surface area contributed by atoms with Crippen molar-refractivity contribution in [3.63, 3.8) is 0 Å². The van der Waals surface area contributed by atoms with Gasteiger partial charge in [-0.3, -0.25) is 14.9 Å². The Morgan fingerprint density at radius 3 is 2.46 bits per heavy atom. The third-order valence-corrected chi connectivity index (χ3v) is 3.24. The number of urea groups is 2. The minimum absolute atomic E-state index is 0.181. The van der Waals surface area contributed by atoms with E-state index in [1.807, 2.05) is 5.32 Å². The van der Waals surface area contributed by atoms with Crippen LogP contribution in [0.15, 0.2) is 36.9 Å². The van der Waals surface area contributed by atoms with Crippen molar-refractivity contribution in [2.24, 2.45) is 5.73 Å². The molecule has 0 unspecified atom stereocenters. The number of nitrogens with two attached hydrogens (primary N) is 1. The number of imide groups is 1. The van der Waals surface area contributed by atoms with E-state index >= 15 is 0 Å². The van der Waals surface area contributed by atoms with Gasteiger partial charge in [0.2, 0.25) is 0 Å². The van der Waals surface area contributed by atoms with Crippen molar-refractivity contribution in [2.45, 2.75) is 12.5 Å². The van der Waals surface area contributed by atoms with E-state index in [1.165, 1.54) is 6.08 Å². The third-order valence-electron chi connectivity index (χ3n) is 2.98. The molecule has 140 valence electrons. The smallest absolute Gasteiger partial charge is 0.321 e. The fraction of sp³-hybridized carbons (Fsp3) is 0.250. The summed E-state index contributed by atoms with van der Waals surface area (Å²) < 4.78 is 4.80. The van der Waals surface area contributed by atoms with Crippen LogP contribution in [0.1, 0.15) is 18.0 Å². The molecule has 10 heteroatoms. The number of primary amides is 1.